The van der Waals surface area contributed by atoms with Crippen molar-refractivity contribution in [3.63, 3.8) is 0 Å². The second-order valence-electron chi connectivity index (χ2n) is 14.5. The quantitative estimate of drug-likeness (QED) is 0.0498. The maximum atomic E-state index is 12.5. The van der Waals surface area contributed by atoms with Gasteiger partial charge in [-0.25, -0.2) is 9.59 Å². The first kappa shape index (κ1) is 49.8. The van der Waals surface area contributed by atoms with Crippen LogP contribution in [0.25, 0.3) is 0 Å². The topological polar surface area (TPSA) is 210 Å². The largest absolute Gasteiger partial charge is 0.482 e. The van der Waals surface area contributed by atoms with Gasteiger partial charge in [-0.05, 0) is 74.5 Å². The number of methoxy groups -OCH3 is 2. The highest BCUT2D eigenvalue weighted by atomic mass is 79.9. The third kappa shape index (κ3) is 10.7. The molecule has 340 valence electrons. The van der Waals surface area contributed by atoms with Crippen molar-refractivity contribution in [2.24, 2.45) is 0 Å². The first-order chi connectivity index (χ1) is 30.4. The van der Waals surface area contributed by atoms with Crippen LogP contribution in [-0.2, 0) is 28.5 Å². The monoisotopic (exact) mass is 1050 g/mol. The van der Waals surface area contributed by atoms with E-state index in [0.29, 0.717) is 43.5 Å². The molecule has 0 aliphatic carbocycles. The van der Waals surface area contributed by atoms with Gasteiger partial charge in [0, 0.05) is 53.6 Å². The van der Waals surface area contributed by atoms with Gasteiger partial charge in [0.25, 0.3) is 11.1 Å². The lowest BCUT2D eigenvalue weighted by atomic mass is 9.83. The molecule has 0 saturated heterocycles. The van der Waals surface area contributed by atoms with Crippen LogP contribution in [0.4, 0.5) is 0 Å². The van der Waals surface area contributed by atoms with Crippen molar-refractivity contribution in [3.05, 3.63) is 136 Å². The van der Waals surface area contributed by atoms with Crippen LogP contribution in [0.2, 0.25) is 0 Å². The maximum Gasteiger partial charge on any atom is 0.338 e. The van der Waals surface area contributed by atoms with Gasteiger partial charge < -0.3 is 28.4 Å². The van der Waals surface area contributed by atoms with E-state index in [0.717, 1.165) is 8.95 Å². The summed E-state index contributed by atoms with van der Waals surface area (Å²) >= 11 is 9.18. The fourth-order valence-electron chi connectivity index (χ4n) is 7.16. The molecular weight excluding hydrogens is 1000 g/mol. The standard InChI is InChI=1S/2C22H22BrNO7S/c2*1-4-30-19(25)12-18-22(2,24(27)28)20(15-11-13(23)9-10-16(15)31-18)32-17-8-6-5-7-14(17)21(26)29-3/h2*5-11,18,20H,4,12H2,1-3H3/t2*18-,20-,22-/m00/s1. The van der Waals surface area contributed by atoms with Crippen molar-refractivity contribution >= 4 is 79.3 Å². The van der Waals surface area contributed by atoms with Crippen LogP contribution in [0.3, 0.4) is 0 Å². The van der Waals surface area contributed by atoms with E-state index in [1.807, 2.05) is 0 Å². The number of hydrogen-bond acceptors (Lipinski definition) is 16. The number of rotatable bonds is 14. The Morgan fingerprint density at radius 3 is 1.33 bits per heavy atom. The molecule has 0 bridgehead atoms. The number of ether oxygens (including phenoxy) is 6. The average Bonchev–Trinajstić information content (AvgIpc) is 3.26. The smallest absolute Gasteiger partial charge is 0.338 e. The number of benzene rings is 4. The van der Waals surface area contributed by atoms with E-state index in [2.05, 4.69) is 31.9 Å². The molecule has 20 heteroatoms. The normalized spacial score (nSPS) is 21.8. The Morgan fingerprint density at radius 1 is 0.641 bits per heavy atom. The second-order valence-corrected chi connectivity index (χ2v) is 18.7. The molecule has 64 heavy (non-hydrogen) atoms. The van der Waals surface area contributed by atoms with E-state index in [1.165, 1.54) is 51.6 Å². The van der Waals surface area contributed by atoms with E-state index in [1.54, 1.807) is 98.8 Å². The Balaban J connectivity index is 0.000000241. The molecule has 2 aliphatic heterocycles. The minimum atomic E-state index is -1.70. The molecule has 0 unspecified atom stereocenters. The van der Waals surface area contributed by atoms with Gasteiger partial charge >= 0.3 is 23.9 Å². The number of nitro groups is 2. The highest BCUT2D eigenvalue weighted by Crippen LogP contribution is 2.55. The number of carbonyl (C=O) groups is 4. The zero-order valence-electron chi connectivity index (χ0n) is 35.4. The Kier molecular flexibility index (Phi) is 16.9. The highest BCUT2D eigenvalue weighted by Gasteiger charge is 2.61. The SMILES string of the molecule is CCOC(=O)C[C@@H]1Oc2ccc(Br)cc2[C@H](Sc2ccccc2C(=O)OC)[C@@]1(C)[N+](=O)[O-].CCOC(=O)C[C@@H]1Oc2ccc(Br)cc2[C@H](Sc2ccccc2C(=O)OC)[C@@]1(C)[N+](=O)[O-]. The number of halogens is 2. The van der Waals surface area contributed by atoms with Crippen molar-refractivity contribution in [2.45, 2.75) is 84.1 Å². The summed E-state index contributed by atoms with van der Waals surface area (Å²) in [4.78, 5) is 74.2. The van der Waals surface area contributed by atoms with Gasteiger partial charge in [-0.3, -0.25) is 29.8 Å². The Labute approximate surface area is 394 Å². The Morgan fingerprint density at radius 2 is 1.00 bits per heavy atom. The highest BCUT2D eigenvalue weighted by molar-refractivity contribution is 9.10. The summed E-state index contributed by atoms with van der Waals surface area (Å²) in [5, 5.41) is 23.4. The van der Waals surface area contributed by atoms with Crippen LogP contribution in [0.5, 0.6) is 11.5 Å². The molecule has 0 fully saturated rings. The minimum Gasteiger partial charge on any atom is -0.482 e. The molecular formula is C44H44Br2N2O14S2. The summed E-state index contributed by atoms with van der Waals surface area (Å²) in [5.41, 5.74) is -1.62. The van der Waals surface area contributed by atoms with Gasteiger partial charge in [-0.1, -0.05) is 56.1 Å². The fourth-order valence-corrected chi connectivity index (χ4v) is 10.9. The lowest BCUT2D eigenvalue weighted by Gasteiger charge is -2.40. The molecule has 0 radical (unpaired) electrons. The van der Waals surface area contributed by atoms with Gasteiger partial charge in [0.05, 0.1) is 51.4 Å². The lowest BCUT2D eigenvalue weighted by Crippen LogP contribution is -2.56. The number of thioether (sulfide) groups is 2. The third-order valence-electron chi connectivity index (χ3n) is 10.6. The summed E-state index contributed by atoms with van der Waals surface area (Å²) in [6, 6.07) is 24.0. The second kappa shape index (κ2) is 21.7. The summed E-state index contributed by atoms with van der Waals surface area (Å²) < 4.78 is 33.2. The Hall–Kier alpha value is -5.18. The molecule has 0 N–H and O–H groups in total. The predicted octanol–water partition coefficient (Wildman–Crippen LogP) is 9.64. The van der Waals surface area contributed by atoms with E-state index >= 15 is 0 Å². The van der Waals surface area contributed by atoms with Crippen molar-refractivity contribution in [3.8, 4) is 11.5 Å². The molecule has 0 saturated carbocycles. The molecule has 0 amide bonds. The Bertz CT molecular complexity index is 2260. The van der Waals surface area contributed by atoms with Crippen LogP contribution in [0, 0.1) is 20.2 Å². The zero-order valence-corrected chi connectivity index (χ0v) is 40.2. The number of nitrogens with zero attached hydrogens (tertiary/aromatic N) is 2. The molecule has 0 aromatic heterocycles. The van der Waals surface area contributed by atoms with Crippen molar-refractivity contribution < 1.29 is 57.4 Å². The predicted molar refractivity (Wildman–Crippen MR) is 243 cm³/mol. The van der Waals surface area contributed by atoms with Crippen LogP contribution in [-0.4, -0.2) is 84.4 Å². The van der Waals surface area contributed by atoms with E-state index in [-0.39, 0.29) is 26.1 Å². The summed E-state index contributed by atoms with van der Waals surface area (Å²) in [6.45, 7) is 6.57. The number of carbonyl (C=O) groups excluding carboxylic acids is 4. The van der Waals surface area contributed by atoms with Crippen molar-refractivity contribution in [1.82, 2.24) is 0 Å². The van der Waals surface area contributed by atoms with Gasteiger partial charge in [-0.2, -0.15) is 0 Å². The summed E-state index contributed by atoms with van der Waals surface area (Å²) in [7, 11) is 2.56. The molecule has 4 aromatic rings. The number of fused-ring (bicyclic) bond motifs is 2. The molecule has 2 aliphatic rings. The van der Waals surface area contributed by atoms with Gasteiger partial charge in [0.1, 0.15) is 22.0 Å². The van der Waals surface area contributed by atoms with E-state index < -0.39 is 67.5 Å². The molecule has 6 rings (SSSR count). The first-order valence-corrected chi connectivity index (χ1v) is 23.0. The van der Waals surface area contributed by atoms with Gasteiger partial charge in [0.2, 0.25) is 0 Å². The first-order valence-electron chi connectivity index (χ1n) is 19.6. The molecule has 6 atom stereocenters. The molecule has 2 heterocycles. The van der Waals surface area contributed by atoms with Crippen LogP contribution < -0.4 is 9.47 Å². The third-order valence-corrected chi connectivity index (χ3v) is 14.7. The maximum absolute atomic E-state index is 12.5. The molecule has 16 nitrogen and oxygen atoms in total. The van der Waals surface area contributed by atoms with Gasteiger partial charge in [0.15, 0.2) is 12.2 Å². The zero-order chi connectivity index (χ0) is 46.9. The minimum absolute atomic E-state index is 0.162. The summed E-state index contributed by atoms with van der Waals surface area (Å²) in [6.07, 6.45) is -2.71. The molecule has 4 aromatic carbocycles. The van der Waals surface area contributed by atoms with Crippen LogP contribution in [0.1, 0.15) is 82.9 Å². The fraction of sp³-hybridized carbons (Fsp3) is 0.364. The number of hydrogen-bond donors (Lipinski definition) is 0. The average molecular weight is 1050 g/mol. The van der Waals surface area contributed by atoms with Crippen molar-refractivity contribution in [1.29, 1.82) is 0 Å². The lowest BCUT2D eigenvalue weighted by molar-refractivity contribution is -0.578. The van der Waals surface area contributed by atoms with Crippen LogP contribution >= 0.6 is 55.4 Å². The van der Waals surface area contributed by atoms with E-state index in [9.17, 15) is 39.4 Å². The van der Waals surface area contributed by atoms with Crippen LogP contribution in [0.15, 0.2) is 104 Å². The van der Waals surface area contributed by atoms with Gasteiger partial charge in [-0.15, -0.1) is 23.5 Å². The molecule has 0 spiro atoms. The van der Waals surface area contributed by atoms with Crippen molar-refractivity contribution in [2.75, 3.05) is 27.4 Å². The summed E-state index contributed by atoms with van der Waals surface area (Å²) in [5.74, 6) is -1.36. The van der Waals surface area contributed by atoms with E-state index in [4.69, 9.17) is 28.4 Å². The number of esters is 4.